The van der Waals surface area contributed by atoms with E-state index in [2.05, 4.69) is 44.4 Å². The van der Waals surface area contributed by atoms with Crippen molar-refractivity contribution in [3.05, 3.63) is 0 Å². The van der Waals surface area contributed by atoms with Gasteiger partial charge < -0.3 is 5.73 Å². The summed E-state index contributed by atoms with van der Waals surface area (Å²) in [4.78, 5) is 2.68. The Morgan fingerprint density at radius 3 is 2.65 bits per heavy atom. The average molecular weight is 258 g/mol. The minimum Gasteiger partial charge on any atom is -0.328 e. The lowest BCUT2D eigenvalue weighted by Gasteiger charge is -2.39. The van der Waals surface area contributed by atoms with Gasteiger partial charge in [-0.25, -0.2) is 0 Å². The third-order valence-corrected chi connectivity index (χ3v) is 5.26. The molecular formula is C14H30N2S. The predicted molar refractivity (Wildman–Crippen MR) is 79.6 cm³/mol. The fourth-order valence-corrected chi connectivity index (χ4v) is 3.70. The van der Waals surface area contributed by atoms with Crippen LogP contribution in [0.3, 0.4) is 0 Å². The molecule has 3 heteroatoms. The summed E-state index contributed by atoms with van der Waals surface area (Å²) in [5.41, 5.74) is 5.79. The largest absolute Gasteiger partial charge is 0.328 e. The van der Waals surface area contributed by atoms with Crippen molar-refractivity contribution in [2.45, 2.75) is 64.3 Å². The Balaban J connectivity index is 2.22. The van der Waals surface area contributed by atoms with E-state index in [1.807, 2.05) is 0 Å². The molecule has 1 saturated heterocycles. The van der Waals surface area contributed by atoms with Crippen LogP contribution in [-0.4, -0.2) is 41.1 Å². The first kappa shape index (κ1) is 15.3. The zero-order valence-electron chi connectivity index (χ0n) is 12.0. The van der Waals surface area contributed by atoms with Gasteiger partial charge >= 0.3 is 0 Å². The number of hydrogen-bond acceptors (Lipinski definition) is 3. The zero-order valence-corrected chi connectivity index (χ0v) is 12.8. The number of thioether (sulfide) groups is 1. The van der Waals surface area contributed by atoms with Crippen molar-refractivity contribution in [1.29, 1.82) is 0 Å². The molecule has 1 rings (SSSR count). The number of hydrogen-bond donors (Lipinski definition) is 1. The van der Waals surface area contributed by atoms with Crippen LogP contribution >= 0.6 is 11.8 Å². The predicted octanol–water partition coefficient (Wildman–Crippen LogP) is 2.97. The molecule has 0 aliphatic carbocycles. The van der Waals surface area contributed by atoms with E-state index in [1.165, 1.54) is 38.1 Å². The van der Waals surface area contributed by atoms with Gasteiger partial charge in [0.05, 0.1) is 0 Å². The highest BCUT2D eigenvalue weighted by Crippen LogP contribution is 2.25. The molecule has 0 saturated carbocycles. The fourth-order valence-electron chi connectivity index (χ4n) is 2.53. The zero-order chi connectivity index (χ0) is 12.8. The summed E-state index contributed by atoms with van der Waals surface area (Å²) in [5.74, 6) is 2.12. The molecule has 1 aliphatic heterocycles. The van der Waals surface area contributed by atoms with Crippen molar-refractivity contribution in [1.82, 2.24) is 4.90 Å². The van der Waals surface area contributed by atoms with Crippen molar-refractivity contribution in [2.24, 2.45) is 11.7 Å². The van der Waals surface area contributed by atoms with Crippen LogP contribution < -0.4 is 5.73 Å². The molecule has 0 aromatic carbocycles. The van der Waals surface area contributed by atoms with Crippen LogP contribution in [0.2, 0.25) is 0 Å². The van der Waals surface area contributed by atoms with Gasteiger partial charge in [0, 0.05) is 36.2 Å². The van der Waals surface area contributed by atoms with Gasteiger partial charge in [0.25, 0.3) is 0 Å². The van der Waals surface area contributed by atoms with Gasteiger partial charge in [-0.2, -0.15) is 11.8 Å². The van der Waals surface area contributed by atoms with Gasteiger partial charge in [-0.15, -0.1) is 0 Å². The summed E-state index contributed by atoms with van der Waals surface area (Å²) in [6, 6.07) is 1.11. The second-order valence-corrected chi connectivity index (χ2v) is 7.31. The van der Waals surface area contributed by atoms with E-state index in [0.29, 0.717) is 6.04 Å². The third kappa shape index (κ3) is 5.62. The van der Waals surface area contributed by atoms with Gasteiger partial charge in [0.1, 0.15) is 0 Å². The normalized spacial score (nSPS) is 30.2. The quantitative estimate of drug-likeness (QED) is 0.794. The highest BCUT2D eigenvalue weighted by Gasteiger charge is 2.25. The molecule has 102 valence electrons. The second-order valence-electron chi connectivity index (χ2n) is 5.82. The number of nitrogens with two attached hydrogens (primary N) is 1. The van der Waals surface area contributed by atoms with Gasteiger partial charge in [-0.1, -0.05) is 20.3 Å². The Kier molecular flexibility index (Phi) is 6.90. The van der Waals surface area contributed by atoms with E-state index in [4.69, 9.17) is 5.73 Å². The smallest absolute Gasteiger partial charge is 0.0184 e. The minimum atomic E-state index is 0.368. The van der Waals surface area contributed by atoms with Crippen molar-refractivity contribution >= 4 is 11.8 Å². The molecule has 0 amide bonds. The first-order valence-corrected chi connectivity index (χ1v) is 8.16. The van der Waals surface area contributed by atoms with Crippen molar-refractivity contribution < 1.29 is 0 Å². The SMILES string of the molecule is CC(N)CCCC(C)CN1CCSC(C)C1C. The van der Waals surface area contributed by atoms with E-state index < -0.39 is 0 Å². The third-order valence-electron chi connectivity index (χ3n) is 3.92. The Labute approximate surface area is 112 Å². The molecule has 1 fully saturated rings. The summed E-state index contributed by atoms with van der Waals surface area (Å²) in [6.45, 7) is 11.8. The van der Waals surface area contributed by atoms with Gasteiger partial charge in [-0.3, -0.25) is 4.90 Å². The van der Waals surface area contributed by atoms with Crippen molar-refractivity contribution in [3.63, 3.8) is 0 Å². The summed E-state index contributed by atoms with van der Waals surface area (Å²) >= 11 is 2.12. The Morgan fingerprint density at radius 1 is 1.29 bits per heavy atom. The van der Waals surface area contributed by atoms with Gasteiger partial charge in [0.2, 0.25) is 0 Å². The molecular weight excluding hydrogens is 228 g/mol. The molecule has 2 N–H and O–H groups in total. The maximum Gasteiger partial charge on any atom is 0.0184 e. The number of rotatable bonds is 6. The minimum absolute atomic E-state index is 0.368. The molecule has 0 aromatic heterocycles. The molecule has 2 nitrogen and oxygen atoms in total. The summed E-state index contributed by atoms with van der Waals surface area (Å²) < 4.78 is 0. The van der Waals surface area contributed by atoms with Crippen LogP contribution in [0.4, 0.5) is 0 Å². The summed E-state index contributed by atoms with van der Waals surface area (Å²) in [5, 5.41) is 0.792. The highest BCUT2D eigenvalue weighted by atomic mass is 32.2. The Morgan fingerprint density at radius 2 is 2.00 bits per heavy atom. The van der Waals surface area contributed by atoms with Crippen LogP contribution in [-0.2, 0) is 0 Å². The lowest BCUT2D eigenvalue weighted by molar-refractivity contribution is 0.180. The average Bonchev–Trinajstić information content (AvgIpc) is 2.24. The second kappa shape index (κ2) is 7.65. The van der Waals surface area contributed by atoms with Crippen LogP contribution in [0.25, 0.3) is 0 Å². The lowest BCUT2D eigenvalue weighted by Crippen LogP contribution is -2.46. The molecule has 4 unspecified atom stereocenters. The molecule has 0 radical (unpaired) electrons. The highest BCUT2D eigenvalue weighted by molar-refractivity contribution is 8.00. The molecule has 1 heterocycles. The Hall–Kier alpha value is 0.270. The fraction of sp³-hybridized carbons (Fsp3) is 1.00. The van der Waals surface area contributed by atoms with Crippen molar-refractivity contribution in [3.8, 4) is 0 Å². The molecule has 4 atom stereocenters. The monoisotopic (exact) mass is 258 g/mol. The van der Waals surface area contributed by atoms with Crippen molar-refractivity contribution in [2.75, 3.05) is 18.8 Å². The molecule has 0 bridgehead atoms. The van der Waals surface area contributed by atoms with Crippen LogP contribution in [0.5, 0.6) is 0 Å². The van der Waals surface area contributed by atoms with Crippen LogP contribution in [0, 0.1) is 5.92 Å². The van der Waals surface area contributed by atoms with E-state index in [1.54, 1.807) is 0 Å². The van der Waals surface area contributed by atoms with E-state index >= 15 is 0 Å². The lowest BCUT2D eigenvalue weighted by atomic mass is 10.0. The molecule has 1 aliphatic rings. The van der Waals surface area contributed by atoms with Crippen LogP contribution in [0.15, 0.2) is 0 Å². The molecule has 0 aromatic rings. The van der Waals surface area contributed by atoms with Gasteiger partial charge in [-0.05, 0) is 32.6 Å². The summed E-state index contributed by atoms with van der Waals surface area (Å²) in [6.07, 6.45) is 3.78. The topological polar surface area (TPSA) is 29.3 Å². The van der Waals surface area contributed by atoms with E-state index in [-0.39, 0.29) is 0 Å². The molecule has 17 heavy (non-hydrogen) atoms. The molecule has 0 spiro atoms. The Bertz CT molecular complexity index is 208. The van der Waals surface area contributed by atoms with E-state index in [0.717, 1.165) is 17.2 Å². The summed E-state index contributed by atoms with van der Waals surface area (Å²) in [7, 11) is 0. The maximum absolute atomic E-state index is 5.79. The van der Waals surface area contributed by atoms with Crippen LogP contribution in [0.1, 0.15) is 47.0 Å². The number of nitrogens with zero attached hydrogens (tertiary/aromatic N) is 1. The van der Waals surface area contributed by atoms with Gasteiger partial charge in [0.15, 0.2) is 0 Å². The standard InChI is InChI=1S/C14H30N2S/c1-11(6-5-7-12(2)15)10-16-8-9-17-14(4)13(16)3/h11-14H,5-10,15H2,1-4H3. The van der Waals surface area contributed by atoms with E-state index in [9.17, 15) is 0 Å². The maximum atomic E-state index is 5.79. The first-order chi connectivity index (χ1) is 8.00. The first-order valence-electron chi connectivity index (χ1n) is 7.12.